The van der Waals surface area contributed by atoms with Crippen LogP contribution in [-0.4, -0.2) is 23.6 Å². The molecule has 6 heteroatoms. The van der Waals surface area contributed by atoms with Crippen molar-refractivity contribution in [2.45, 2.75) is 19.9 Å². The van der Waals surface area contributed by atoms with Crippen LogP contribution in [0.3, 0.4) is 0 Å². The highest BCUT2D eigenvalue weighted by Gasteiger charge is 2.17. The number of halogens is 1. The minimum atomic E-state index is -0.753. The van der Waals surface area contributed by atoms with Crippen molar-refractivity contribution < 1.29 is 19.4 Å². The molecule has 0 fully saturated rings. The summed E-state index contributed by atoms with van der Waals surface area (Å²) in [7, 11) is 0. The van der Waals surface area contributed by atoms with E-state index in [-0.39, 0.29) is 17.4 Å². The van der Waals surface area contributed by atoms with E-state index < -0.39 is 18.5 Å². The molecule has 0 aliphatic carbocycles. The number of para-hydroxylation sites is 1. The van der Waals surface area contributed by atoms with Gasteiger partial charge in [-0.05, 0) is 37.1 Å². The average molecular weight is 348 g/mol. The Morgan fingerprint density at radius 3 is 2.62 bits per heavy atom. The number of hydrogen-bond acceptors (Lipinski definition) is 4. The van der Waals surface area contributed by atoms with Crippen molar-refractivity contribution >= 4 is 23.5 Å². The molecule has 2 aromatic rings. The van der Waals surface area contributed by atoms with Crippen LogP contribution in [0.2, 0.25) is 5.02 Å². The lowest BCUT2D eigenvalue weighted by Crippen LogP contribution is -2.31. The van der Waals surface area contributed by atoms with E-state index in [9.17, 15) is 14.7 Å². The molecule has 0 saturated heterocycles. The largest absolute Gasteiger partial charge is 0.507 e. The number of carbonyl (C=O) groups excluding carboxylic acids is 2. The molecule has 2 rings (SSSR count). The van der Waals surface area contributed by atoms with E-state index >= 15 is 0 Å². The van der Waals surface area contributed by atoms with E-state index in [1.807, 2.05) is 12.1 Å². The van der Waals surface area contributed by atoms with Gasteiger partial charge in [-0.15, -0.1) is 0 Å². The first kappa shape index (κ1) is 17.8. The summed E-state index contributed by atoms with van der Waals surface area (Å²) in [4.78, 5) is 23.9. The van der Waals surface area contributed by atoms with Gasteiger partial charge in [-0.25, -0.2) is 4.79 Å². The molecule has 0 bridgehead atoms. The Morgan fingerprint density at radius 2 is 1.92 bits per heavy atom. The van der Waals surface area contributed by atoms with Gasteiger partial charge in [-0.3, -0.25) is 4.79 Å². The predicted molar refractivity (Wildman–Crippen MR) is 91.1 cm³/mol. The van der Waals surface area contributed by atoms with Gasteiger partial charge >= 0.3 is 5.97 Å². The van der Waals surface area contributed by atoms with Crippen LogP contribution in [0.15, 0.2) is 42.5 Å². The average Bonchev–Trinajstić information content (AvgIpc) is 2.55. The summed E-state index contributed by atoms with van der Waals surface area (Å²) >= 11 is 6.08. The van der Waals surface area contributed by atoms with Crippen LogP contribution in [-0.2, 0) is 9.53 Å². The van der Waals surface area contributed by atoms with Gasteiger partial charge < -0.3 is 15.2 Å². The molecule has 2 N–H and O–H groups in total. The molecule has 0 unspecified atom stereocenters. The molecule has 5 nitrogen and oxygen atoms in total. The Kier molecular flexibility index (Phi) is 5.82. The molecular weight excluding hydrogens is 330 g/mol. The predicted octanol–water partition coefficient (Wildman–Crippen LogP) is 3.39. The molecule has 0 aliphatic heterocycles. The van der Waals surface area contributed by atoms with Crippen LogP contribution in [0.5, 0.6) is 5.75 Å². The zero-order valence-corrected chi connectivity index (χ0v) is 14.1. The minimum Gasteiger partial charge on any atom is -0.507 e. The third-order valence-corrected chi connectivity index (χ3v) is 3.89. The van der Waals surface area contributed by atoms with Crippen LogP contribution in [0, 0.1) is 6.92 Å². The number of carbonyl (C=O) groups is 2. The number of amides is 1. The van der Waals surface area contributed by atoms with Gasteiger partial charge in [0, 0.05) is 5.02 Å². The lowest BCUT2D eigenvalue weighted by atomic mass is 10.1. The molecule has 24 heavy (non-hydrogen) atoms. The molecule has 1 amide bonds. The highest BCUT2D eigenvalue weighted by Crippen LogP contribution is 2.23. The molecular formula is C18H18ClNO4. The van der Waals surface area contributed by atoms with Crippen molar-refractivity contribution in [1.82, 2.24) is 5.32 Å². The number of rotatable bonds is 5. The summed E-state index contributed by atoms with van der Waals surface area (Å²) in [5.41, 5.74) is 1.36. The van der Waals surface area contributed by atoms with Gasteiger partial charge in [0.1, 0.15) is 11.3 Å². The first-order valence-electron chi connectivity index (χ1n) is 7.39. The molecule has 2 aromatic carbocycles. The van der Waals surface area contributed by atoms with Crippen LogP contribution in [0.25, 0.3) is 0 Å². The maximum atomic E-state index is 11.9. The normalized spacial score (nSPS) is 11.6. The maximum absolute atomic E-state index is 11.9. The number of nitrogens with one attached hydrogen (secondary N) is 1. The van der Waals surface area contributed by atoms with E-state index in [1.54, 1.807) is 38.1 Å². The third-order valence-electron chi connectivity index (χ3n) is 3.54. The zero-order chi connectivity index (χ0) is 17.7. The van der Waals surface area contributed by atoms with Crippen LogP contribution >= 0.6 is 11.6 Å². The fourth-order valence-electron chi connectivity index (χ4n) is 2.22. The van der Waals surface area contributed by atoms with E-state index in [0.29, 0.717) is 10.6 Å². The number of ether oxygens (including phenoxy) is 1. The molecule has 0 radical (unpaired) electrons. The number of phenols is 1. The number of benzene rings is 2. The fraction of sp³-hybridized carbons (Fsp3) is 0.222. The van der Waals surface area contributed by atoms with Gasteiger partial charge in [0.05, 0.1) is 6.04 Å². The van der Waals surface area contributed by atoms with Crippen molar-refractivity contribution in [3.05, 3.63) is 64.2 Å². The number of phenolic OH excluding ortho intramolecular Hbond substituents is 1. The second-order valence-corrected chi connectivity index (χ2v) is 5.77. The van der Waals surface area contributed by atoms with Crippen molar-refractivity contribution in [3.8, 4) is 5.75 Å². The summed E-state index contributed by atoms with van der Waals surface area (Å²) < 4.78 is 4.95. The lowest BCUT2D eigenvalue weighted by molar-refractivity contribution is -0.124. The quantitative estimate of drug-likeness (QED) is 0.813. The van der Waals surface area contributed by atoms with Crippen LogP contribution in [0.4, 0.5) is 0 Å². The molecule has 126 valence electrons. The molecule has 0 aromatic heterocycles. The summed E-state index contributed by atoms with van der Waals surface area (Å²) in [5, 5.41) is 13.1. The molecule has 0 spiro atoms. The smallest absolute Gasteiger partial charge is 0.342 e. The molecule has 0 aliphatic rings. The topological polar surface area (TPSA) is 75.6 Å². The van der Waals surface area contributed by atoms with Gasteiger partial charge in [0.25, 0.3) is 5.91 Å². The molecule has 0 saturated carbocycles. The van der Waals surface area contributed by atoms with Gasteiger partial charge in [0.2, 0.25) is 0 Å². The highest BCUT2D eigenvalue weighted by atomic mass is 35.5. The van der Waals surface area contributed by atoms with Crippen LogP contribution < -0.4 is 5.32 Å². The second-order valence-electron chi connectivity index (χ2n) is 5.36. The number of esters is 1. The lowest BCUT2D eigenvalue weighted by Gasteiger charge is -2.15. The Balaban J connectivity index is 1.92. The van der Waals surface area contributed by atoms with Gasteiger partial charge in [-0.1, -0.05) is 41.9 Å². The zero-order valence-electron chi connectivity index (χ0n) is 13.4. The number of aromatic hydroxyl groups is 1. The fourth-order valence-corrected chi connectivity index (χ4v) is 2.52. The SMILES string of the molecule is Cc1cccc(C(=O)OCC(=O)N[C@@H](C)c2ccccc2Cl)c1O. The van der Waals surface area contributed by atoms with E-state index in [0.717, 1.165) is 5.56 Å². The highest BCUT2D eigenvalue weighted by molar-refractivity contribution is 6.31. The Morgan fingerprint density at radius 1 is 1.21 bits per heavy atom. The van der Waals surface area contributed by atoms with Crippen molar-refractivity contribution in [2.24, 2.45) is 0 Å². The summed E-state index contributed by atoms with van der Waals surface area (Å²) in [6, 6.07) is 11.6. The summed E-state index contributed by atoms with van der Waals surface area (Å²) in [6.45, 7) is 3.01. The Hall–Kier alpha value is -2.53. The maximum Gasteiger partial charge on any atom is 0.342 e. The standard InChI is InChI=1S/C18H18ClNO4/c1-11-6-5-8-14(17(11)22)18(23)24-10-16(21)20-12(2)13-7-3-4-9-15(13)19/h3-9,12,22H,10H2,1-2H3,(H,20,21)/t12-/m0/s1. The molecule has 1 atom stereocenters. The van der Waals surface area contributed by atoms with Gasteiger partial charge in [0.15, 0.2) is 6.61 Å². The first-order chi connectivity index (χ1) is 11.4. The van der Waals surface area contributed by atoms with E-state index in [4.69, 9.17) is 16.3 Å². The first-order valence-corrected chi connectivity index (χ1v) is 7.77. The third kappa shape index (κ3) is 4.26. The minimum absolute atomic E-state index is 0.0296. The summed E-state index contributed by atoms with van der Waals surface area (Å²) in [6.07, 6.45) is 0. The van der Waals surface area contributed by atoms with E-state index in [1.165, 1.54) is 6.07 Å². The number of aryl methyl sites for hydroxylation is 1. The van der Waals surface area contributed by atoms with Gasteiger partial charge in [-0.2, -0.15) is 0 Å². The second kappa shape index (κ2) is 7.84. The van der Waals surface area contributed by atoms with Crippen molar-refractivity contribution in [2.75, 3.05) is 6.61 Å². The summed E-state index contributed by atoms with van der Waals surface area (Å²) in [5.74, 6) is -1.35. The number of hydrogen-bond donors (Lipinski definition) is 2. The Bertz CT molecular complexity index is 760. The molecule has 0 heterocycles. The monoisotopic (exact) mass is 347 g/mol. The van der Waals surface area contributed by atoms with Crippen molar-refractivity contribution in [3.63, 3.8) is 0 Å². The van der Waals surface area contributed by atoms with E-state index in [2.05, 4.69) is 5.32 Å². The van der Waals surface area contributed by atoms with Crippen molar-refractivity contribution in [1.29, 1.82) is 0 Å². The Labute approximate surface area is 145 Å². The van der Waals surface area contributed by atoms with Crippen LogP contribution in [0.1, 0.15) is 34.5 Å².